The van der Waals surface area contributed by atoms with E-state index in [1.807, 2.05) is 22.9 Å². The lowest BCUT2D eigenvalue weighted by Gasteiger charge is -2.16. The molecule has 0 heterocycles. The van der Waals surface area contributed by atoms with E-state index in [-0.39, 0.29) is 11.9 Å². The Morgan fingerprint density at radius 3 is 1.50 bits per heavy atom. The van der Waals surface area contributed by atoms with Crippen LogP contribution >= 0.6 is 21.6 Å². The van der Waals surface area contributed by atoms with Crippen molar-refractivity contribution in [3.63, 3.8) is 0 Å². The van der Waals surface area contributed by atoms with E-state index in [4.69, 9.17) is 9.47 Å². The van der Waals surface area contributed by atoms with Crippen LogP contribution in [0.3, 0.4) is 0 Å². The molecule has 0 atom stereocenters. The highest BCUT2D eigenvalue weighted by Gasteiger charge is 2.10. The van der Waals surface area contributed by atoms with Crippen LogP contribution in [0.25, 0.3) is 0 Å². The topological polar surface area (TPSA) is 55.8 Å². The lowest BCUT2D eigenvalue weighted by molar-refractivity contribution is -0.143. The van der Waals surface area contributed by atoms with Crippen LogP contribution in [0.1, 0.15) is 174 Å². The normalized spacial score (nSPS) is 12.4. The van der Waals surface area contributed by atoms with Crippen LogP contribution in [0.2, 0.25) is 0 Å². The summed E-state index contributed by atoms with van der Waals surface area (Å²) in [4.78, 5) is 26.3. The number of carbonyl (C=O) groups is 2. The maximum atomic E-state index is 12.0. The molecule has 7 heteroatoms. The SMILES string of the molecule is CCCCCCC=CCOC(=O)CCCCCCCC(CCCCCCCC(=O)OCC=CCCCCCC)CSSCCCN(C)C. The van der Waals surface area contributed by atoms with Gasteiger partial charge in [-0.3, -0.25) is 9.59 Å². The molecule has 48 heavy (non-hydrogen) atoms. The van der Waals surface area contributed by atoms with Crippen LogP contribution < -0.4 is 0 Å². The third kappa shape index (κ3) is 37.9. The molecule has 0 unspecified atom stereocenters. The molecule has 0 aromatic heterocycles. The van der Waals surface area contributed by atoms with E-state index < -0.39 is 0 Å². The Labute approximate surface area is 306 Å². The maximum absolute atomic E-state index is 12.0. The van der Waals surface area contributed by atoms with Crippen molar-refractivity contribution in [2.75, 3.05) is 45.4 Å². The lowest BCUT2D eigenvalue weighted by Crippen LogP contribution is -2.13. The first-order chi connectivity index (χ1) is 23.5. The molecule has 0 amide bonds. The van der Waals surface area contributed by atoms with Crippen molar-refractivity contribution in [1.29, 1.82) is 0 Å². The first-order valence-electron chi connectivity index (χ1n) is 20.0. The predicted molar refractivity (Wildman–Crippen MR) is 214 cm³/mol. The second kappa shape index (κ2) is 38.9. The van der Waals surface area contributed by atoms with Gasteiger partial charge in [0.15, 0.2) is 0 Å². The van der Waals surface area contributed by atoms with Gasteiger partial charge in [0.1, 0.15) is 13.2 Å². The van der Waals surface area contributed by atoms with Gasteiger partial charge in [0, 0.05) is 24.3 Å². The van der Waals surface area contributed by atoms with E-state index in [0.717, 1.165) is 44.4 Å². The molecular weight excluding hydrogens is 635 g/mol. The van der Waals surface area contributed by atoms with Crippen molar-refractivity contribution in [3.8, 4) is 0 Å². The average Bonchev–Trinajstić information content (AvgIpc) is 3.07. The molecule has 5 nitrogen and oxygen atoms in total. The van der Waals surface area contributed by atoms with Crippen molar-refractivity contribution in [2.45, 2.75) is 174 Å². The van der Waals surface area contributed by atoms with Crippen molar-refractivity contribution >= 4 is 33.5 Å². The molecule has 0 fully saturated rings. The Kier molecular flexibility index (Phi) is 38.1. The van der Waals surface area contributed by atoms with E-state index in [9.17, 15) is 9.59 Å². The molecule has 0 saturated carbocycles. The first kappa shape index (κ1) is 47.1. The Morgan fingerprint density at radius 2 is 1.02 bits per heavy atom. The number of nitrogens with zero attached hydrogens (tertiary/aromatic N) is 1. The summed E-state index contributed by atoms with van der Waals surface area (Å²) in [5.74, 6) is 3.17. The molecular formula is C41H77NO4S2. The molecule has 0 aromatic rings. The van der Waals surface area contributed by atoms with Gasteiger partial charge in [-0.25, -0.2) is 0 Å². The second-order valence-electron chi connectivity index (χ2n) is 13.7. The Hall–Kier alpha value is -0.920. The number of ether oxygens (including phenoxy) is 2. The summed E-state index contributed by atoms with van der Waals surface area (Å²) in [7, 11) is 8.42. The lowest BCUT2D eigenvalue weighted by atomic mass is 9.95. The zero-order valence-electron chi connectivity index (χ0n) is 32.0. The highest BCUT2D eigenvalue weighted by Crippen LogP contribution is 2.30. The molecule has 0 aromatic carbocycles. The average molecular weight is 712 g/mol. The molecule has 0 radical (unpaired) electrons. The van der Waals surface area contributed by atoms with E-state index in [1.54, 1.807) is 0 Å². The molecule has 0 rings (SSSR count). The minimum Gasteiger partial charge on any atom is -0.461 e. The molecule has 0 aliphatic heterocycles. The number of unbranched alkanes of at least 4 members (excludes halogenated alkanes) is 16. The monoisotopic (exact) mass is 712 g/mol. The summed E-state index contributed by atoms with van der Waals surface area (Å²) in [6.07, 6.45) is 37.3. The van der Waals surface area contributed by atoms with Crippen LogP contribution in [0.5, 0.6) is 0 Å². The summed E-state index contributed by atoms with van der Waals surface area (Å²) < 4.78 is 10.7. The summed E-state index contributed by atoms with van der Waals surface area (Å²) in [5.41, 5.74) is 0. The number of rotatable bonds is 37. The van der Waals surface area contributed by atoms with Gasteiger partial charge in [0.05, 0.1) is 0 Å². The number of carbonyl (C=O) groups excluding carboxylic acids is 2. The van der Waals surface area contributed by atoms with Crippen LogP contribution in [0.15, 0.2) is 24.3 Å². The Balaban J connectivity index is 4.03. The van der Waals surface area contributed by atoms with E-state index >= 15 is 0 Å². The highest BCUT2D eigenvalue weighted by atomic mass is 33.1. The van der Waals surface area contributed by atoms with Crippen LogP contribution in [-0.2, 0) is 19.1 Å². The zero-order chi connectivity index (χ0) is 35.2. The van der Waals surface area contributed by atoms with Crippen molar-refractivity contribution in [3.05, 3.63) is 24.3 Å². The van der Waals surface area contributed by atoms with E-state index in [2.05, 4.69) is 55.8 Å². The minimum atomic E-state index is -0.0537. The third-order valence-electron chi connectivity index (χ3n) is 8.67. The Bertz CT molecular complexity index is 707. The number of hydrogen-bond donors (Lipinski definition) is 0. The molecule has 0 aliphatic rings. The molecule has 0 N–H and O–H groups in total. The Morgan fingerprint density at radius 1 is 0.562 bits per heavy atom. The summed E-state index contributed by atoms with van der Waals surface area (Å²) in [6, 6.07) is 0. The van der Waals surface area contributed by atoms with Gasteiger partial charge in [-0.05, 0) is 84.3 Å². The summed E-state index contributed by atoms with van der Waals surface area (Å²) in [6.45, 7) is 6.47. The summed E-state index contributed by atoms with van der Waals surface area (Å²) in [5, 5.41) is 0. The quantitative estimate of drug-likeness (QED) is 0.0275. The first-order valence-corrected chi connectivity index (χ1v) is 22.5. The van der Waals surface area contributed by atoms with Crippen LogP contribution in [0, 0.1) is 5.92 Å². The number of hydrogen-bond acceptors (Lipinski definition) is 7. The predicted octanol–water partition coefficient (Wildman–Crippen LogP) is 12.5. The highest BCUT2D eigenvalue weighted by molar-refractivity contribution is 8.76. The van der Waals surface area contributed by atoms with Crippen molar-refractivity contribution < 1.29 is 19.1 Å². The van der Waals surface area contributed by atoms with Gasteiger partial charge < -0.3 is 14.4 Å². The van der Waals surface area contributed by atoms with Crippen LogP contribution in [0.4, 0.5) is 0 Å². The minimum absolute atomic E-state index is 0.0537. The van der Waals surface area contributed by atoms with Gasteiger partial charge in [-0.15, -0.1) is 0 Å². The number of allylic oxidation sites excluding steroid dienone is 2. The van der Waals surface area contributed by atoms with Gasteiger partial charge >= 0.3 is 11.9 Å². The molecule has 0 saturated heterocycles. The standard InChI is InChI=1S/C41H77NO4S2/c1-5-7-9-11-13-21-27-35-45-40(43)32-25-19-15-17-23-30-39(38-48-47-37-29-34-42(3)4)31-24-18-16-20-26-33-41(44)46-36-28-22-14-12-10-8-6-2/h21-22,27-28,39H,5-20,23-26,29-38H2,1-4H3. The number of esters is 2. The summed E-state index contributed by atoms with van der Waals surface area (Å²) >= 11 is 0. The van der Waals surface area contributed by atoms with Crippen LogP contribution in [-0.4, -0.2) is 62.2 Å². The van der Waals surface area contributed by atoms with Gasteiger partial charge in [-0.2, -0.15) is 0 Å². The van der Waals surface area contributed by atoms with Gasteiger partial charge in [0.25, 0.3) is 0 Å². The van der Waals surface area contributed by atoms with Gasteiger partial charge in [-0.1, -0.05) is 150 Å². The zero-order valence-corrected chi connectivity index (χ0v) is 33.6. The fraction of sp³-hybridized carbons (Fsp3) is 0.854. The molecule has 0 aliphatic carbocycles. The van der Waals surface area contributed by atoms with E-state index in [1.165, 1.54) is 127 Å². The molecule has 0 spiro atoms. The second-order valence-corrected chi connectivity index (χ2v) is 16.4. The fourth-order valence-corrected chi connectivity index (χ4v) is 8.16. The van der Waals surface area contributed by atoms with Gasteiger partial charge in [0.2, 0.25) is 0 Å². The smallest absolute Gasteiger partial charge is 0.306 e. The van der Waals surface area contributed by atoms with Crippen molar-refractivity contribution in [1.82, 2.24) is 4.90 Å². The third-order valence-corrected chi connectivity index (χ3v) is 11.3. The van der Waals surface area contributed by atoms with Crippen molar-refractivity contribution in [2.24, 2.45) is 5.92 Å². The fourth-order valence-electron chi connectivity index (χ4n) is 5.60. The molecule has 282 valence electrons. The largest absolute Gasteiger partial charge is 0.461 e. The van der Waals surface area contributed by atoms with E-state index in [0.29, 0.717) is 26.1 Å². The molecule has 0 bridgehead atoms. The maximum Gasteiger partial charge on any atom is 0.306 e.